The Balaban J connectivity index is 1.79. The minimum absolute atomic E-state index is 0.188. The Morgan fingerprint density at radius 3 is 2.94 bits per heavy atom. The molecule has 1 fully saturated rings. The van der Waals surface area contributed by atoms with Crippen LogP contribution in [-0.4, -0.2) is 65.4 Å². The number of likely N-dealkylation sites (N-methyl/N-ethyl adjacent to an activating group) is 1. The van der Waals surface area contributed by atoms with Crippen molar-refractivity contribution in [2.75, 3.05) is 39.8 Å². The molecule has 2 heterocycles. The third-order valence-electron chi connectivity index (χ3n) is 2.95. The smallest absolute Gasteiger partial charge is 0.236 e. The van der Waals surface area contributed by atoms with Crippen molar-refractivity contribution < 1.29 is 4.79 Å². The van der Waals surface area contributed by atoms with Crippen LogP contribution < -0.4 is 5.32 Å². The molecule has 0 aromatic carbocycles. The fraction of sp³-hybridized carbons (Fsp3) is 0.583. The van der Waals surface area contributed by atoms with Crippen molar-refractivity contribution in [3.63, 3.8) is 0 Å². The SMILES string of the molecule is CN(CC(=O)N1CCNCC1)Cc1ccncn1. The molecule has 0 radical (unpaired) electrons. The van der Waals surface area contributed by atoms with Crippen LogP contribution in [0, 0.1) is 0 Å². The summed E-state index contributed by atoms with van der Waals surface area (Å²) in [4.78, 5) is 23.9. The quantitative estimate of drug-likeness (QED) is 0.767. The van der Waals surface area contributed by atoms with E-state index in [1.165, 1.54) is 6.33 Å². The van der Waals surface area contributed by atoms with Gasteiger partial charge >= 0.3 is 0 Å². The second-order valence-electron chi connectivity index (χ2n) is 4.50. The normalized spacial score (nSPS) is 16.0. The molecule has 1 saturated heterocycles. The number of hydrogen-bond donors (Lipinski definition) is 1. The molecule has 0 aliphatic carbocycles. The molecule has 1 aromatic heterocycles. The number of aromatic nitrogens is 2. The standard InChI is InChI=1S/C12H19N5O/c1-16(8-11-2-3-14-10-15-11)9-12(18)17-6-4-13-5-7-17/h2-3,10,13H,4-9H2,1H3. The van der Waals surface area contributed by atoms with Crippen molar-refractivity contribution in [2.24, 2.45) is 0 Å². The summed E-state index contributed by atoms with van der Waals surface area (Å²) in [5.74, 6) is 0.188. The van der Waals surface area contributed by atoms with Crippen LogP contribution >= 0.6 is 0 Å². The van der Waals surface area contributed by atoms with Crippen LogP contribution in [0.4, 0.5) is 0 Å². The first-order valence-electron chi connectivity index (χ1n) is 6.17. The summed E-state index contributed by atoms with van der Waals surface area (Å²) >= 11 is 0. The average molecular weight is 249 g/mol. The minimum Gasteiger partial charge on any atom is -0.339 e. The maximum absolute atomic E-state index is 12.0. The van der Waals surface area contributed by atoms with Gasteiger partial charge < -0.3 is 10.2 Å². The largest absolute Gasteiger partial charge is 0.339 e. The molecule has 6 heteroatoms. The number of amides is 1. The zero-order valence-corrected chi connectivity index (χ0v) is 10.7. The van der Waals surface area contributed by atoms with E-state index in [-0.39, 0.29) is 5.91 Å². The summed E-state index contributed by atoms with van der Waals surface area (Å²) < 4.78 is 0. The van der Waals surface area contributed by atoms with Crippen LogP contribution in [0.25, 0.3) is 0 Å². The van der Waals surface area contributed by atoms with E-state index in [0.717, 1.165) is 31.9 Å². The third-order valence-corrected chi connectivity index (χ3v) is 2.95. The molecule has 1 N–H and O–H groups in total. The molecule has 0 unspecified atom stereocenters. The molecule has 1 amide bonds. The van der Waals surface area contributed by atoms with Gasteiger partial charge in [0.05, 0.1) is 12.2 Å². The Morgan fingerprint density at radius 2 is 2.28 bits per heavy atom. The van der Waals surface area contributed by atoms with Crippen molar-refractivity contribution in [3.05, 3.63) is 24.3 Å². The van der Waals surface area contributed by atoms with E-state index in [1.54, 1.807) is 6.20 Å². The molecule has 98 valence electrons. The molecule has 0 atom stereocenters. The van der Waals surface area contributed by atoms with Crippen LogP contribution in [0.2, 0.25) is 0 Å². The molecule has 1 aliphatic rings. The number of piperazine rings is 1. The van der Waals surface area contributed by atoms with E-state index in [2.05, 4.69) is 15.3 Å². The molecule has 6 nitrogen and oxygen atoms in total. The Bertz CT molecular complexity index is 377. The van der Waals surface area contributed by atoms with E-state index in [4.69, 9.17) is 0 Å². The molecule has 2 rings (SSSR count). The predicted octanol–water partition coefficient (Wildman–Crippen LogP) is -0.660. The fourth-order valence-corrected chi connectivity index (χ4v) is 1.99. The van der Waals surface area contributed by atoms with Gasteiger partial charge in [-0.05, 0) is 13.1 Å². The Kier molecular flexibility index (Phi) is 4.60. The van der Waals surface area contributed by atoms with E-state index in [1.807, 2.05) is 22.9 Å². The van der Waals surface area contributed by atoms with Crippen LogP contribution in [0.5, 0.6) is 0 Å². The van der Waals surface area contributed by atoms with Crippen LogP contribution in [-0.2, 0) is 11.3 Å². The predicted molar refractivity (Wildman–Crippen MR) is 67.8 cm³/mol. The Hall–Kier alpha value is -1.53. The van der Waals surface area contributed by atoms with Crippen LogP contribution in [0.1, 0.15) is 5.69 Å². The summed E-state index contributed by atoms with van der Waals surface area (Å²) in [5.41, 5.74) is 0.931. The first kappa shape index (κ1) is 12.9. The number of nitrogens with zero attached hydrogens (tertiary/aromatic N) is 4. The monoisotopic (exact) mass is 249 g/mol. The van der Waals surface area contributed by atoms with Crippen molar-refractivity contribution in [3.8, 4) is 0 Å². The lowest BCUT2D eigenvalue weighted by Crippen LogP contribution is -2.49. The summed E-state index contributed by atoms with van der Waals surface area (Å²) in [5, 5.41) is 3.24. The number of hydrogen-bond acceptors (Lipinski definition) is 5. The van der Waals surface area contributed by atoms with E-state index in [9.17, 15) is 4.79 Å². The van der Waals surface area contributed by atoms with Gasteiger partial charge in [-0.2, -0.15) is 0 Å². The van der Waals surface area contributed by atoms with Gasteiger partial charge in [-0.15, -0.1) is 0 Å². The van der Waals surface area contributed by atoms with Gasteiger partial charge in [0.2, 0.25) is 5.91 Å². The maximum Gasteiger partial charge on any atom is 0.236 e. The van der Waals surface area contributed by atoms with E-state index in [0.29, 0.717) is 13.1 Å². The van der Waals surface area contributed by atoms with Gasteiger partial charge in [0.25, 0.3) is 0 Å². The highest BCUT2D eigenvalue weighted by Crippen LogP contribution is 2.00. The van der Waals surface area contributed by atoms with Crippen molar-refractivity contribution >= 4 is 5.91 Å². The number of carbonyl (C=O) groups is 1. The highest BCUT2D eigenvalue weighted by atomic mass is 16.2. The number of rotatable bonds is 4. The molecular weight excluding hydrogens is 230 g/mol. The highest BCUT2D eigenvalue weighted by Gasteiger charge is 2.17. The molecule has 0 saturated carbocycles. The summed E-state index contributed by atoms with van der Waals surface area (Å²) in [6.07, 6.45) is 3.25. The first-order valence-corrected chi connectivity index (χ1v) is 6.17. The van der Waals surface area contributed by atoms with Crippen molar-refractivity contribution in [1.29, 1.82) is 0 Å². The Morgan fingerprint density at radius 1 is 1.50 bits per heavy atom. The second-order valence-corrected chi connectivity index (χ2v) is 4.50. The van der Waals surface area contributed by atoms with Crippen LogP contribution in [0.15, 0.2) is 18.6 Å². The molecule has 18 heavy (non-hydrogen) atoms. The topological polar surface area (TPSA) is 61.4 Å². The van der Waals surface area contributed by atoms with E-state index < -0.39 is 0 Å². The van der Waals surface area contributed by atoms with Crippen LogP contribution in [0.3, 0.4) is 0 Å². The van der Waals surface area contributed by atoms with Gasteiger partial charge in [-0.3, -0.25) is 9.69 Å². The molecule has 1 aliphatic heterocycles. The molecule has 1 aromatic rings. The van der Waals surface area contributed by atoms with E-state index >= 15 is 0 Å². The average Bonchev–Trinajstić information content (AvgIpc) is 2.40. The molecule has 0 bridgehead atoms. The lowest BCUT2D eigenvalue weighted by molar-refractivity contribution is -0.132. The number of nitrogens with one attached hydrogen (secondary N) is 1. The van der Waals surface area contributed by atoms with Crippen molar-refractivity contribution in [2.45, 2.75) is 6.54 Å². The zero-order valence-electron chi connectivity index (χ0n) is 10.7. The third kappa shape index (κ3) is 3.75. The Labute approximate surface area is 107 Å². The summed E-state index contributed by atoms with van der Waals surface area (Å²) in [7, 11) is 1.93. The van der Waals surface area contributed by atoms with Gasteiger partial charge in [-0.25, -0.2) is 9.97 Å². The van der Waals surface area contributed by atoms with Gasteiger partial charge in [0.15, 0.2) is 0 Å². The van der Waals surface area contributed by atoms with Crippen molar-refractivity contribution in [1.82, 2.24) is 25.1 Å². The molecule has 0 spiro atoms. The van der Waals surface area contributed by atoms with Gasteiger partial charge in [0, 0.05) is 38.9 Å². The second kappa shape index (κ2) is 6.42. The highest BCUT2D eigenvalue weighted by molar-refractivity contribution is 5.78. The zero-order chi connectivity index (χ0) is 12.8. The lowest BCUT2D eigenvalue weighted by atomic mass is 10.3. The fourth-order valence-electron chi connectivity index (χ4n) is 1.99. The number of carbonyl (C=O) groups excluding carboxylic acids is 1. The molecular formula is C12H19N5O. The minimum atomic E-state index is 0.188. The van der Waals surface area contributed by atoms with Gasteiger partial charge in [-0.1, -0.05) is 0 Å². The first-order chi connectivity index (χ1) is 8.75. The lowest BCUT2D eigenvalue weighted by Gasteiger charge is -2.29. The maximum atomic E-state index is 12.0. The summed E-state index contributed by atoms with van der Waals surface area (Å²) in [6, 6.07) is 1.87. The summed E-state index contributed by atoms with van der Waals surface area (Å²) in [6.45, 7) is 4.49. The van der Waals surface area contributed by atoms with Gasteiger partial charge in [0.1, 0.15) is 6.33 Å².